The largest absolute Gasteiger partial charge is 0.178 e. The van der Waals surface area contributed by atoms with Crippen LogP contribution in [0.2, 0.25) is 0 Å². The van der Waals surface area contributed by atoms with Crippen molar-refractivity contribution in [3.63, 3.8) is 0 Å². The number of aryl methyl sites for hydroxylation is 1. The molecule has 4 nitrogen and oxygen atoms in total. The van der Waals surface area contributed by atoms with Crippen LogP contribution in [-0.2, 0) is 5.41 Å². The van der Waals surface area contributed by atoms with Crippen LogP contribution in [0.3, 0.4) is 0 Å². The fourth-order valence-electron chi connectivity index (χ4n) is 0.579. The van der Waals surface area contributed by atoms with Crippen LogP contribution in [0.4, 0.5) is 0 Å². The molecule has 74 valence electrons. The van der Waals surface area contributed by atoms with Crippen molar-refractivity contribution in [1.82, 2.24) is 20.4 Å². The number of hydrogen-bond acceptors (Lipinski definition) is 4. The molecular weight excluding hydrogens is 164 g/mol. The molecule has 0 fully saturated rings. The molecule has 0 spiro atoms. The van der Waals surface area contributed by atoms with Gasteiger partial charge in [-0.25, -0.2) is 0 Å². The van der Waals surface area contributed by atoms with Crippen LogP contribution in [0.25, 0.3) is 0 Å². The average molecular weight is 182 g/mol. The first kappa shape index (κ1) is 11.9. The van der Waals surface area contributed by atoms with Gasteiger partial charge in [0.15, 0.2) is 11.6 Å². The van der Waals surface area contributed by atoms with Crippen LogP contribution >= 0.6 is 0 Å². The molecule has 1 heterocycles. The topological polar surface area (TPSA) is 51.6 Å². The van der Waals surface area contributed by atoms with E-state index in [-0.39, 0.29) is 5.41 Å². The predicted molar refractivity (Wildman–Crippen MR) is 52.4 cm³/mol. The maximum absolute atomic E-state index is 3.93. The molecule has 4 heteroatoms. The summed E-state index contributed by atoms with van der Waals surface area (Å²) in [5.74, 6) is 1.29. The van der Waals surface area contributed by atoms with Crippen molar-refractivity contribution in [2.24, 2.45) is 0 Å². The Bertz CT molecular complexity index is 235. The molecule has 1 aromatic heterocycles. The van der Waals surface area contributed by atoms with Gasteiger partial charge in [-0.2, -0.15) is 0 Å². The third-order valence-corrected chi connectivity index (χ3v) is 1.25. The van der Waals surface area contributed by atoms with Gasteiger partial charge in [0.25, 0.3) is 0 Å². The fraction of sp³-hybridized carbons (Fsp3) is 0.778. The minimum Gasteiger partial charge on any atom is -0.132 e. The Kier molecular flexibility index (Phi) is 4.45. The van der Waals surface area contributed by atoms with Gasteiger partial charge in [0.1, 0.15) is 0 Å². The summed E-state index contributed by atoms with van der Waals surface area (Å²) >= 11 is 0. The van der Waals surface area contributed by atoms with E-state index in [1.807, 2.05) is 34.6 Å². The highest BCUT2D eigenvalue weighted by molar-refractivity contribution is 4.96. The average Bonchev–Trinajstić information content (AvgIpc) is 2.07. The highest BCUT2D eigenvalue weighted by Crippen LogP contribution is 2.15. The Balaban J connectivity index is 0.000000671. The van der Waals surface area contributed by atoms with E-state index < -0.39 is 0 Å². The second kappa shape index (κ2) is 4.84. The molecule has 0 radical (unpaired) electrons. The van der Waals surface area contributed by atoms with Crippen molar-refractivity contribution >= 4 is 0 Å². The number of hydrogen-bond donors (Lipinski definition) is 0. The first-order valence-electron chi connectivity index (χ1n) is 4.54. The molecule has 0 aromatic carbocycles. The molecule has 0 saturated heterocycles. The highest BCUT2D eigenvalue weighted by atomic mass is 15.3. The first-order chi connectivity index (χ1) is 6.00. The van der Waals surface area contributed by atoms with E-state index >= 15 is 0 Å². The van der Waals surface area contributed by atoms with Crippen LogP contribution in [-0.4, -0.2) is 20.4 Å². The monoisotopic (exact) mass is 182 g/mol. The molecule has 0 amide bonds. The lowest BCUT2D eigenvalue weighted by molar-refractivity contribution is 0.514. The van der Waals surface area contributed by atoms with Crippen LogP contribution in [0.5, 0.6) is 0 Å². The van der Waals surface area contributed by atoms with Gasteiger partial charge in [-0.1, -0.05) is 34.6 Å². The lowest BCUT2D eigenvalue weighted by atomic mass is 9.96. The minimum absolute atomic E-state index is 0.0618. The van der Waals surface area contributed by atoms with E-state index in [9.17, 15) is 0 Å². The van der Waals surface area contributed by atoms with E-state index in [4.69, 9.17) is 0 Å². The zero-order chi connectivity index (χ0) is 10.5. The van der Waals surface area contributed by atoms with Gasteiger partial charge >= 0.3 is 0 Å². The zero-order valence-corrected chi connectivity index (χ0v) is 9.29. The van der Waals surface area contributed by atoms with Crippen LogP contribution in [0, 0.1) is 6.92 Å². The SMILES string of the molecule is CC.Cc1nnc(C(C)(C)C)nn1. The predicted octanol–water partition coefficient (Wildman–Crippen LogP) is 1.90. The molecular formula is C9H18N4. The normalized spacial score (nSPS) is 10.3. The Morgan fingerprint density at radius 3 is 1.54 bits per heavy atom. The molecule has 1 aromatic rings. The lowest BCUT2D eigenvalue weighted by Gasteiger charge is -2.13. The highest BCUT2D eigenvalue weighted by Gasteiger charge is 2.17. The van der Waals surface area contributed by atoms with Crippen molar-refractivity contribution in [1.29, 1.82) is 0 Å². The number of rotatable bonds is 0. The van der Waals surface area contributed by atoms with E-state index in [0.717, 1.165) is 0 Å². The maximum Gasteiger partial charge on any atom is 0.178 e. The van der Waals surface area contributed by atoms with Gasteiger partial charge in [-0.3, -0.25) is 0 Å². The first-order valence-corrected chi connectivity index (χ1v) is 4.54. The third kappa shape index (κ3) is 3.92. The Morgan fingerprint density at radius 1 is 0.846 bits per heavy atom. The molecule has 1 rings (SSSR count). The summed E-state index contributed by atoms with van der Waals surface area (Å²) in [6, 6.07) is 0. The molecule has 0 aliphatic rings. The van der Waals surface area contributed by atoms with Gasteiger partial charge in [0.2, 0.25) is 0 Å². The van der Waals surface area contributed by atoms with Crippen LogP contribution < -0.4 is 0 Å². The maximum atomic E-state index is 3.93. The molecule has 0 atom stereocenters. The summed E-state index contributed by atoms with van der Waals surface area (Å²) in [6.07, 6.45) is 0. The molecule has 0 N–H and O–H groups in total. The molecule has 0 unspecified atom stereocenters. The van der Waals surface area contributed by atoms with Crippen molar-refractivity contribution in [3.05, 3.63) is 11.6 Å². The molecule has 13 heavy (non-hydrogen) atoms. The van der Waals surface area contributed by atoms with Gasteiger partial charge < -0.3 is 0 Å². The fourth-order valence-corrected chi connectivity index (χ4v) is 0.579. The van der Waals surface area contributed by atoms with Crippen molar-refractivity contribution < 1.29 is 0 Å². The van der Waals surface area contributed by atoms with E-state index in [1.54, 1.807) is 6.92 Å². The van der Waals surface area contributed by atoms with Crippen LogP contribution in [0.1, 0.15) is 46.3 Å². The summed E-state index contributed by atoms with van der Waals surface area (Å²) < 4.78 is 0. The van der Waals surface area contributed by atoms with Crippen LogP contribution in [0.15, 0.2) is 0 Å². The Labute approximate surface area is 79.8 Å². The van der Waals surface area contributed by atoms with E-state index in [2.05, 4.69) is 20.4 Å². The summed E-state index contributed by atoms with van der Waals surface area (Å²) in [7, 11) is 0. The summed E-state index contributed by atoms with van der Waals surface area (Å²) in [6.45, 7) is 11.9. The molecule has 0 aliphatic heterocycles. The Morgan fingerprint density at radius 2 is 1.23 bits per heavy atom. The molecule has 0 saturated carbocycles. The van der Waals surface area contributed by atoms with Gasteiger partial charge in [-0.15, -0.1) is 20.4 Å². The summed E-state index contributed by atoms with van der Waals surface area (Å²) in [4.78, 5) is 0. The molecule has 0 bridgehead atoms. The standard InChI is InChI=1S/C7H12N4.C2H6/c1-5-8-10-6(11-9-5)7(2,3)4;1-2/h1-4H3;1-2H3. The summed E-state index contributed by atoms with van der Waals surface area (Å²) in [5.41, 5.74) is -0.0618. The Hall–Kier alpha value is -1.06. The zero-order valence-electron chi connectivity index (χ0n) is 9.29. The number of nitrogens with zero attached hydrogens (tertiary/aromatic N) is 4. The smallest absolute Gasteiger partial charge is 0.132 e. The second-order valence-electron chi connectivity index (χ2n) is 3.52. The lowest BCUT2D eigenvalue weighted by Crippen LogP contribution is -2.18. The van der Waals surface area contributed by atoms with E-state index in [0.29, 0.717) is 11.6 Å². The minimum atomic E-state index is -0.0618. The van der Waals surface area contributed by atoms with Crippen molar-refractivity contribution in [2.75, 3.05) is 0 Å². The number of aromatic nitrogens is 4. The summed E-state index contributed by atoms with van der Waals surface area (Å²) in [5, 5.41) is 15.5. The van der Waals surface area contributed by atoms with E-state index in [1.165, 1.54) is 0 Å². The third-order valence-electron chi connectivity index (χ3n) is 1.25. The van der Waals surface area contributed by atoms with Gasteiger partial charge in [0, 0.05) is 5.41 Å². The van der Waals surface area contributed by atoms with Gasteiger partial charge in [0.05, 0.1) is 0 Å². The quantitative estimate of drug-likeness (QED) is 0.615. The van der Waals surface area contributed by atoms with Crippen molar-refractivity contribution in [2.45, 2.75) is 47.0 Å². The molecule has 0 aliphatic carbocycles. The van der Waals surface area contributed by atoms with Gasteiger partial charge in [-0.05, 0) is 6.92 Å². The second-order valence-corrected chi connectivity index (χ2v) is 3.52. The van der Waals surface area contributed by atoms with Crippen molar-refractivity contribution in [3.8, 4) is 0 Å².